The molecule has 21 heavy (non-hydrogen) atoms. The topological polar surface area (TPSA) is 21.3 Å². The summed E-state index contributed by atoms with van der Waals surface area (Å²) in [5.74, 6) is 1.36. The second-order valence-corrected chi connectivity index (χ2v) is 7.45. The van der Waals surface area contributed by atoms with Gasteiger partial charge in [0.15, 0.2) is 0 Å². The summed E-state index contributed by atoms with van der Waals surface area (Å²) in [5, 5.41) is 4.05. The highest BCUT2D eigenvalue weighted by Gasteiger charge is 2.09. The third-order valence-corrected chi connectivity index (χ3v) is 4.41. The zero-order valence-corrected chi connectivity index (χ0v) is 14.5. The van der Waals surface area contributed by atoms with Gasteiger partial charge in [-0.15, -0.1) is 11.3 Å². The first kappa shape index (κ1) is 16.6. The SMILES string of the molecule is CC(C)CNCc1cccc(Cl)c1OCc1ccc(Cl)s1. The van der Waals surface area contributed by atoms with Gasteiger partial charge in [-0.1, -0.05) is 49.2 Å². The molecule has 1 N–H and O–H groups in total. The van der Waals surface area contributed by atoms with Crippen LogP contribution in [0.25, 0.3) is 0 Å². The summed E-state index contributed by atoms with van der Waals surface area (Å²) in [6.45, 7) is 6.57. The summed E-state index contributed by atoms with van der Waals surface area (Å²) in [5.41, 5.74) is 1.07. The van der Waals surface area contributed by atoms with Crippen molar-refractivity contribution < 1.29 is 4.74 Å². The van der Waals surface area contributed by atoms with Gasteiger partial charge in [-0.2, -0.15) is 0 Å². The molecule has 0 aliphatic heterocycles. The Bertz CT molecular complexity index is 583. The zero-order valence-electron chi connectivity index (χ0n) is 12.2. The standard InChI is InChI=1S/C16H19Cl2NOS/c1-11(2)8-19-9-12-4-3-5-14(17)16(12)20-10-13-6-7-15(18)21-13/h3-7,11,19H,8-10H2,1-2H3. The Morgan fingerprint density at radius 1 is 1.19 bits per heavy atom. The molecule has 2 aromatic rings. The minimum Gasteiger partial charge on any atom is -0.486 e. The highest BCUT2D eigenvalue weighted by atomic mass is 35.5. The minimum atomic E-state index is 0.484. The first-order valence-electron chi connectivity index (χ1n) is 6.91. The molecule has 114 valence electrons. The van der Waals surface area contributed by atoms with E-state index in [1.165, 1.54) is 11.3 Å². The van der Waals surface area contributed by atoms with Crippen molar-refractivity contribution in [1.82, 2.24) is 5.32 Å². The number of para-hydroxylation sites is 1. The van der Waals surface area contributed by atoms with Crippen LogP contribution in [-0.2, 0) is 13.2 Å². The van der Waals surface area contributed by atoms with Crippen LogP contribution in [0.5, 0.6) is 5.75 Å². The monoisotopic (exact) mass is 343 g/mol. The number of nitrogens with one attached hydrogen (secondary N) is 1. The molecule has 0 spiro atoms. The lowest BCUT2D eigenvalue weighted by Gasteiger charge is -2.14. The molecule has 0 amide bonds. The highest BCUT2D eigenvalue weighted by molar-refractivity contribution is 7.16. The number of benzene rings is 1. The second-order valence-electron chi connectivity index (χ2n) is 5.25. The lowest BCUT2D eigenvalue weighted by atomic mass is 10.2. The zero-order chi connectivity index (χ0) is 15.2. The van der Waals surface area contributed by atoms with Gasteiger partial charge in [-0.05, 0) is 30.7 Å². The molecule has 1 aromatic carbocycles. The van der Waals surface area contributed by atoms with Crippen LogP contribution < -0.4 is 10.1 Å². The minimum absolute atomic E-state index is 0.484. The third-order valence-electron chi connectivity index (χ3n) is 2.90. The second kappa shape index (κ2) is 8.04. The van der Waals surface area contributed by atoms with Crippen molar-refractivity contribution in [1.29, 1.82) is 0 Å². The van der Waals surface area contributed by atoms with Gasteiger partial charge in [0.2, 0.25) is 0 Å². The molecular weight excluding hydrogens is 325 g/mol. The fraction of sp³-hybridized carbons (Fsp3) is 0.375. The molecule has 2 nitrogen and oxygen atoms in total. The summed E-state index contributed by atoms with van der Waals surface area (Å²) >= 11 is 13.7. The Morgan fingerprint density at radius 3 is 2.67 bits per heavy atom. The number of hydrogen-bond acceptors (Lipinski definition) is 3. The summed E-state index contributed by atoms with van der Waals surface area (Å²) in [6, 6.07) is 9.69. The Hall–Kier alpha value is -0.740. The molecule has 0 fully saturated rings. The Morgan fingerprint density at radius 2 is 2.00 bits per heavy atom. The third kappa shape index (κ3) is 5.19. The number of rotatable bonds is 7. The van der Waals surface area contributed by atoms with E-state index in [-0.39, 0.29) is 0 Å². The van der Waals surface area contributed by atoms with Gasteiger partial charge in [0.1, 0.15) is 12.4 Å². The first-order valence-corrected chi connectivity index (χ1v) is 8.48. The normalized spacial score (nSPS) is 11.1. The van der Waals surface area contributed by atoms with E-state index in [0.717, 1.165) is 33.6 Å². The number of thiophene rings is 1. The summed E-state index contributed by atoms with van der Waals surface area (Å²) in [7, 11) is 0. The van der Waals surface area contributed by atoms with Gasteiger partial charge in [-0.3, -0.25) is 0 Å². The van der Waals surface area contributed by atoms with Crippen LogP contribution in [0.2, 0.25) is 9.36 Å². The van der Waals surface area contributed by atoms with E-state index in [0.29, 0.717) is 17.5 Å². The predicted octanol–water partition coefficient (Wildman–Crippen LogP) is 5.38. The molecule has 0 atom stereocenters. The van der Waals surface area contributed by atoms with Crippen LogP contribution in [-0.4, -0.2) is 6.54 Å². The van der Waals surface area contributed by atoms with E-state index in [1.54, 1.807) is 0 Å². The quantitative estimate of drug-likeness (QED) is 0.728. The van der Waals surface area contributed by atoms with Crippen LogP contribution in [0.4, 0.5) is 0 Å². The van der Waals surface area contributed by atoms with Gasteiger partial charge >= 0.3 is 0 Å². The van der Waals surface area contributed by atoms with Crippen LogP contribution in [0.1, 0.15) is 24.3 Å². The van der Waals surface area contributed by atoms with E-state index >= 15 is 0 Å². The van der Waals surface area contributed by atoms with Gasteiger partial charge < -0.3 is 10.1 Å². The van der Waals surface area contributed by atoms with E-state index in [4.69, 9.17) is 27.9 Å². The highest BCUT2D eigenvalue weighted by Crippen LogP contribution is 2.30. The molecule has 0 aliphatic rings. The van der Waals surface area contributed by atoms with E-state index in [2.05, 4.69) is 19.2 Å². The van der Waals surface area contributed by atoms with Crippen LogP contribution >= 0.6 is 34.5 Å². The molecular formula is C16H19Cl2NOS. The van der Waals surface area contributed by atoms with Crippen LogP contribution in [0, 0.1) is 5.92 Å². The number of hydrogen-bond donors (Lipinski definition) is 1. The molecule has 0 bridgehead atoms. The summed E-state index contributed by atoms with van der Waals surface area (Å²) in [4.78, 5) is 1.08. The maximum atomic E-state index is 6.27. The molecule has 0 unspecified atom stereocenters. The average Bonchev–Trinajstić information content (AvgIpc) is 2.83. The fourth-order valence-electron chi connectivity index (χ4n) is 1.92. The Balaban J connectivity index is 2.02. The molecule has 5 heteroatoms. The van der Waals surface area contributed by atoms with Crippen molar-refractivity contribution in [2.24, 2.45) is 5.92 Å². The summed E-state index contributed by atoms with van der Waals surface area (Å²) < 4.78 is 6.67. The predicted molar refractivity (Wildman–Crippen MR) is 91.7 cm³/mol. The van der Waals surface area contributed by atoms with E-state index < -0.39 is 0 Å². The van der Waals surface area contributed by atoms with Gasteiger partial charge in [-0.25, -0.2) is 0 Å². The van der Waals surface area contributed by atoms with Crippen molar-refractivity contribution in [3.63, 3.8) is 0 Å². The Labute approximate surface area is 140 Å². The lowest BCUT2D eigenvalue weighted by molar-refractivity contribution is 0.305. The van der Waals surface area contributed by atoms with Crippen molar-refractivity contribution >= 4 is 34.5 Å². The van der Waals surface area contributed by atoms with Crippen molar-refractivity contribution in [3.8, 4) is 5.75 Å². The fourth-order valence-corrected chi connectivity index (χ4v) is 3.17. The van der Waals surface area contributed by atoms with Gasteiger partial charge in [0.05, 0.1) is 9.36 Å². The van der Waals surface area contributed by atoms with Crippen molar-refractivity contribution in [2.45, 2.75) is 27.0 Å². The maximum Gasteiger partial charge on any atom is 0.142 e. The van der Waals surface area contributed by atoms with E-state index in [9.17, 15) is 0 Å². The molecule has 0 saturated heterocycles. The maximum absolute atomic E-state index is 6.27. The van der Waals surface area contributed by atoms with Crippen molar-refractivity contribution in [3.05, 3.63) is 50.1 Å². The summed E-state index contributed by atoms with van der Waals surface area (Å²) in [6.07, 6.45) is 0. The van der Waals surface area contributed by atoms with Gasteiger partial charge in [0.25, 0.3) is 0 Å². The molecule has 0 saturated carbocycles. The van der Waals surface area contributed by atoms with E-state index in [1.807, 2.05) is 30.3 Å². The van der Waals surface area contributed by atoms with Crippen LogP contribution in [0.15, 0.2) is 30.3 Å². The van der Waals surface area contributed by atoms with Crippen molar-refractivity contribution in [2.75, 3.05) is 6.54 Å². The molecule has 0 aliphatic carbocycles. The van der Waals surface area contributed by atoms with Gasteiger partial charge in [0, 0.05) is 17.0 Å². The molecule has 1 heterocycles. The average molecular weight is 344 g/mol. The smallest absolute Gasteiger partial charge is 0.142 e. The van der Waals surface area contributed by atoms with Crippen LogP contribution in [0.3, 0.4) is 0 Å². The Kier molecular flexibility index (Phi) is 6.37. The molecule has 1 aromatic heterocycles. The number of ether oxygens (including phenoxy) is 1. The lowest BCUT2D eigenvalue weighted by Crippen LogP contribution is -2.19. The first-order chi connectivity index (χ1) is 10.1. The molecule has 0 radical (unpaired) electrons. The number of halogens is 2. The molecule has 2 rings (SSSR count). The largest absolute Gasteiger partial charge is 0.486 e.